The van der Waals surface area contributed by atoms with Gasteiger partial charge in [0.15, 0.2) is 0 Å². The van der Waals surface area contributed by atoms with E-state index in [9.17, 15) is 4.79 Å². The molecule has 1 N–H and O–H groups in total. The van der Waals surface area contributed by atoms with Crippen LogP contribution in [-0.2, 0) is 7.05 Å². The van der Waals surface area contributed by atoms with E-state index in [-0.39, 0.29) is 11.9 Å². The largest absolute Gasteiger partial charge is 0.336 e. The summed E-state index contributed by atoms with van der Waals surface area (Å²) in [4.78, 5) is 20.7. The van der Waals surface area contributed by atoms with Crippen molar-refractivity contribution in [3.05, 3.63) is 47.5 Å². The number of rotatable bonds is 3. The highest BCUT2D eigenvalue weighted by atomic mass is 32.2. The van der Waals surface area contributed by atoms with Gasteiger partial charge in [0.1, 0.15) is 11.9 Å². The lowest BCUT2D eigenvalue weighted by atomic mass is 10.1. The number of piperazine rings is 1. The van der Waals surface area contributed by atoms with Crippen LogP contribution in [0.15, 0.2) is 35.5 Å². The van der Waals surface area contributed by atoms with Crippen LogP contribution < -0.4 is 5.32 Å². The molecule has 5 nitrogen and oxygen atoms in total. The smallest absolute Gasteiger partial charge is 0.254 e. The summed E-state index contributed by atoms with van der Waals surface area (Å²) in [5, 5.41) is 3.37. The van der Waals surface area contributed by atoms with Gasteiger partial charge in [-0.05, 0) is 30.9 Å². The lowest BCUT2D eigenvalue weighted by Crippen LogP contribution is -2.49. The molecule has 2 aromatic rings. The number of aryl methyl sites for hydroxylation is 2. The Bertz CT molecular complexity index is 712. The van der Waals surface area contributed by atoms with Crippen LogP contribution in [0.4, 0.5) is 0 Å². The fraction of sp³-hybridized carbons (Fsp3) is 0.412. The van der Waals surface area contributed by atoms with Gasteiger partial charge in [0.05, 0.1) is 0 Å². The van der Waals surface area contributed by atoms with Crippen LogP contribution in [0.3, 0.4) is 0 Å². The maximum atomic E-state index is 13.2. The quantitative estimate of drug-likeness (QED) is 0.877. The second kappa shape index (κ2) is 6.76. The Hall–Kier alpha value is -1.79. The van der Waals surface area contributed by atoms with Crippen LogP contribution in [0.2, 0.25) is 0 Å². The van der Waals surface area contributed by atoms with E-state index in [2.05, 4.69) is 16.4 Å². The molecule has 0 spiro atoms. The van der Waals surface area contributed by atoms with Gasteiger partial charge in [-0.15, -0.1) is 11.8 Å². The summed E-state index contributed by atoms with van der Waals surface area (Å²) in [6.07, 6.45) is 5.73. The normalized spacial score (nSPS) is 18.2. The molecule has 1 unspecified atom stereocenters. The fourth-order valence-electron chi connectivity index (χ4n) is 2.99. The molecule has 0 radical (unpaired) electrons. The van der Waals surface area contributed by atoms with Crippen molar-refractivity contribution in [1.82, 2.24) is 19.8 Å². The molecule has 1 saturated heterocycles. The van der Waals surface area contributed by atoms with Crippen molar-refractivity contribution in [3.8, 4) is 0 Å². The number of aromatic nitrogens is 2. The van der Waals surface area contributed by atoms with Crippen molar-refractivity contribution in [1.29, 1.82) is 0 Å². The first-order chi connectivity index (χ1) is 11.1. The minimum Gasteiger partial charge on any atom is -0.336 e. The molecule has 0 bridgehead atoms. The molecule has 3 rings (SSSR count). The topological polar surface area (TPSA) is 50.2 Å². The maximum Gasteiger partial charge on any atom is 0.254 e. The Kier molecular flexibility index (Phi) is 4.73. The highest BCUT2D eigenvalue weighted by molar-refractivity contribution is 7.98. The van der Waals surface area contributed by atoms with E-state index in [1.807, 2.05) is 48.0 Å². The first kappa shape index (κ1) is 16.1. The van der Waals surface area contributed by atoms with Crippen molar-refractivity contribution in [3.63, 3.8) is 0 Å². The van der Waals surface area contributed by atoms with Gasteiger partial charge in [0.25, 0.3) is 5.91 Å². The first-order valence-electron chi connectivity index (χ1n) is 7.75. The number of carbonyl (C=O) groups excluding carboxylic acids is 1. The van der Waals surface area contributed by atoms with Crippen molar-refractivity contribution < 1.29 is 4.79 Å². The van der Waals surface area contributed by atoms with Crippen LogP contribution in [0.1, 0.15) is 27.8 Å². The Morgan fingerprint density at radius 2 is 2.26 bits per heavy atom. The van der Waals surface area contributed by atoms with E-state index in [0.717, 1.165) is 34.9 Å². The van der Waals surface area contributed by atoms with Gasteiger partial charge in [-0.3, -0.25) is 4.79 Å². The monoisotopic (exact) mass is 330 g/mol. The molecule has 1 amide bonds. The number of carbonyl (C=O) groups is 1. The third-order valence-electron chi connectivity index (χ3n) is 4.34. The number of imidazole rings is 1. The van der Waals surface area contributed by atoms with Gasteiger partial charge >= 0.3 is 0 Å². The third-order valence-corrected chi connectivity index (χ3v) is 5.06. The molecule has 2 heterocycles. The predicted octanol–water partition coefficient (Wildman–Crippen LogP) is 2.24. The second-order valence-electron chi connectivity index (χ2n) is 5.80. The summed E-state index contributed by atoms with van der Waals surface area (Å²) in [5.74, 6) is 1.01. The molecule has 1 aliphatic rings. The molecule has 1 aromatic heterocycles. The summed E-state index contributed by atoms with van der Waals surface area (Å²) < 4.78 is 1.99. The number of benzene rings is 1. The lowest BCUT2D eigenvalue weighted by Gasteiger charge is -2.36. The van der Waals surface area contributed by atoms with Gasteiger partial charge in [0.2, 0.25) is 0 Å². The van der Waals surface area contributed by atoms with Crippen molar-refractivity contribution in [2.75, 3.05) is 25.9 Å². The van der Waals surface area contributed by atoms with Crippen LogP contribution >= 0.6 is 11.8 Å². The molecule has 1 fully saturated rings. The Morgan fingerprint density at radius 3 is 2.96 bits per heavy atom. The summed E-state index contributed by atoms with van der Waals surface area (Å²) in [6, 6.07) is 6.05. The van der Waals surface area contributed by atoms with Crippen molar-refractivity contribution in [2.24, 2.45) is 7.05 Å². The van der Waals surface area contributed by atoms with Gasteiger partial charge in [-0.2, -0.15) is 0 Å². The summed E-state index contributed by atoms with van der Waals surface area (Å²) in [5.41, 5.74) is 1.81. The zero-order valence-corrected chi connectivity index (χ0v) is 14.6. The molecular weight excluding hydrogens is 308 g/mol. The van der Waals surface area contributed by atoms with E-state index in [1.165, 1.54) is 0 Å². The molecule has 122 valence electrons. The maximum absolute atomic E-state index is 13.2. The zero-order chi connectivity index (χ0) is 16.4. The van der Waals surface area contributed by atoms with Gasteiger partial charge in [-0.1, -0.05) is 6.07 Å². The number of thioether (sulfide) groups is 1. The van der Waals surface area contributed by atoms with E-state index in [0.29, 0.717) is 6.54 Å². The number of nitrogens with one attached hydrogen (secondary N) is 1. The first-order valence-corrected chi connectivity index (χ1v) is 8.98. The van der Waals surface area contributed by atoms with E-state index in [4.69, 9.17) is 0 Å². The Morgan fingerprint density at radius 1 is 1.43 bits per heavy atom. The van der Waals surface area contributed by atoms with E-state index in [1.54, 1.807) is 18.0 Å². The molecule has 1 atom stereocenters. The number of nitrogens with zero attached hydrogens (tertiary/aromatic N) is 3. The fourth-order valence-corrected chi connectivity index (χ4v) is 3.43. The Labute approximate surface area is 141 Å². The van der Waals surface area contributed by atoms with E-state index < -0.39 is 0 Å². The zero-order valence-electron chi connectivity index (χ0n) is 13.7. The van der Waals surface area contributed by atoms with Gasteiger partial charge in [-0.25, -0.2) is 4.98 Å². The minimum absolute atomic E-state index is 0.0337. The van der Waals surface area contributed by atoms with Crippen LogP contribution in [0.25, 0.3) is 0 Å². The summed E-state index contributed by atoms with van der Waals surface area (Å²) in [7, 11) is 1.97. The summed E-state index contributed by atoms with van der Waals surface area (Å²) >= 11 is 1.66. The third kappa shape index (κ3) is 3.14. The van der Waals surface area contributed by atoms with Gasteiger partial charge < -0.3 is 14.8 Å². The highest BCUT2D eigenvalue weighted by Gasteiger charge is 2.31. The molecule has 0 saturated carbocycles. The molecule has 6 heteroatoms. The number of amides is 1. The molecule has 0 aliphatic carbocycles. The van der Waals surface area contributed by atoms with Crippen LogP contribution in [0, 0.1) is 6.92 Å². The summed E-state index contributed by atoms with van der Waals surface area (Å²) in [6.45, 7) is 4.24. The van der Waals surface area contributed by atoms with Crippen molar-refractivity contribution >= 4 is 17.7 Å². The standard InChI is InChI=1S/C17H22N4OS/c1-12-4-5-13(23-3)10-14(12)17(22)21-9-6-18-11-15(21)16-19-7-8-20(16)2/h4-5,7-8,10,15,18H,6,9,11H2,1-3H3. The average Bonchev–Trinajstić information content (AvgIpc) is 3.00. The Balaban J connectivity index is 1.95. The average molecular weight is 330 g/mol. The van der Waals surface area contributed by atoms with E-state index >= 15 is 0 Å². The second-order valence-corrected chi connectivity index (χ2v) is 6.68. The van der Waals surface area contributed by atoms with Gasteiger partial charge in [0, 0.05) is 49.5 Å². The van der Waals surface area contributed by atoms with Crippen molar-refractivity contribution in [2.45, 2.75) is 17.9 Å². The van der Waals surface area contributed by atoms with Crippen LogP contribution in [-0.4, -0.2) is 46.2 Å². The highest BCUT2D eigenvalue weighted by Crippen LogP contribution is 2.26. The molecular formula is C17H22N4OS. The molecule has 23 heavy (non-hydrogen) atoms. The number of hydrogen-bond donors (Lipinski definition) is 1. The number of hydrogen-bond acceptors (Lipinski definition) is 4. The molecule has 1 aromatic carbocycles. The SMILES string of the molecule is CSc1ccc(C)c(C(=O)N2CCNCC2c2nccn2C)c1. The minimum atomic E-state index is -0.0337. The predicted molar refractivity (Wildman–Crippen MR) is 92.8 cm³/mol. The lowest BCUT2D eigenvalue weighted by molar-refractivity contribution is 0.0620. The van der Waals surface area contributed by atoms with Crippen LogP contribution in [0.5, 0.6) is 0 Å². The molecule has 1 aliphatic heterocycles.